The van der Waals surface area contributed by atoms with Gasteiger partial charge in [0.1, 0.15) is 0 Å². The lowest BCUT2D eigenvalue weighted by Gasteiger charge is -2.10. The summed E-state index contributed by atoms with van der Waals surface area (Å²) in [7, 11) is 0. The average molecular weight is 335 g/mol. The molecular weight excluding hydrogens is 316 g/mol. The molecule has 0 bridgehead atoms. The highest BCUT2D eigenvalue weighted by Gasteiger charge is 2.07. The molecule has 5 heteroatoms. The molecule has 0 saturated carbocycles. The van der Waals surface area contributed by atoms with E-state index in [1.54, 1.807) is 18.7 Å². The average Bonchev–Trinajstić information content (AvgIpc) is 2.52. The minimum Gasteiger partial charge on any atom is -0.368 e. The van der Waals surface area contributed by atoms with Crippen molar-refractivity contribution >= 4 is 29.3 Å². The second kappa shape index (κ2) is 8.22. The van der Waals surface area contributed by atoms with Crippen LogP contribution in [-0.4, -0.2) is 11.9 Å². The molecule has 22 heavy (non-hydrogen) atoms. The van der Waals surface area contributed by atoms with Crippen molar-refractivity contribution in [3.8, 4) is 0 Å². The first kappa shape index (κ1) is 16.9. The Morgan fingerprint density at radius 3 is 2.55 bits per heavy atom. The van der Waals surface area contributed by atoms with E-state index in [-0.39, 0.29) is 11.9 Å². The summed E-state index contributed by atoms with van der Waals surface area (Å²) in [5, 5.41) is 3.89. The lowest BCUT2D eigenvalue weighted by Crippen LogP contribution is -2.38. The lowest BCUT2D eigenvalue weighted by atomic mass is 10.2. The Labute approximate surface area is 140 Å². The Hall–Kier alpha value is -1.49. The number of hydrogen-bond donors (Lipinski definition) is 2. The van der Waals surface area contributed by atoms with Crippen LogP contribution >= 0.6 is 23.4 Å². The zero-order valence-corrected chi connectivity index (χ0v) is 14.0. The van der Waals surface area contributed by atoms with Gasteiger partial charge >= 0.3 is 0 Å². The number of rotatable bonds is 7. The third kappa shape index (κ3) is 5.05. The number of carbonyl (C=O) groups excluding carboxylic acids is 1. The standard InChI is InChI=1S/C17H19ClN2OS/c1-12(17(19)21)20-10-13-6-8-15(9-7-13)22-11-14-4-2-3-5-16(14)18/h2-9,12,20H,10-11H2,1H3,(H2,19,21). The quantitative estimate of drug-likeness (QED) is 0.761. The number of hydrogen-bond acceptors (Lipinski definition) is 3. The molecule has 0 fully saturated rings. The van der Waals surface area contributed by atoms with Crippen molar-refractivity contribution in [2.75, 3.05) is 0 Å². The van der Waals surface area contributed by atoms with E-state index in [1.807, 2.05) is 24.3 Å². The molecule has 0 aliphatic carbocycles. The smallest absolute Gasteiger partial charge is 0.234 e. The highest BCUT2D eigenvalue weighted by atomic mass is 35.5. The molecule has 0 spiro atoms. The Balaban J connectivity index is 1.87. The van der Waals surface area contributed by atoms with Gasteiger partial charge in [0.15, 0.2) is 0 Å². The summed E-state index contributed by atoms with van der Waals surface area (Å²) in [4.78, 5) is 12.2. The summed E-state index contributed by atoms with van der Waals surface area (Å²) in [6.45, 7) is 2.38. The van der Waals surface area contributed by atoms with E-state index in [1.165, 1.54) is 4.90 Å². The van der Waals surface area contributed by atoms with Gasteiger partial charge in [0.05, 0.1) is 6.04 Å². The van der Waals surface area contributed by atoms with Crippen LogP contribution in [0.15, 0.2) is 53.4 Å². The van der Waals surface area contributed by atoms with Crippen molar-refractivity contribution in [3.63, 3.8) is 0 Å². The molecule has 0 heterocycles. The van der Waals surface area contributed by atoms with Crippen molar-refractivity contribution < 1.29 is 4.79 Å². The van der Waals surface area contributed by atoms with E-state index in [9.17, 15) is 4.79 Å². The maximum atomic E-state index is 11.0. The van der Waals surface area contributed by atoms with E-state index < -0.39 is 0 Å². The van der Waals surface area contributed by atoms with Crippen LogP contribution < -0.4 is 11.1 Å². The first-order valence-electron chi connectivity index (χ1n) is 7.04. The molecule has 0 aromatic heterocycles. The van der Waals surface area contributed by atoms with Crippen LogP contribution in [0.4, 0.5) is 0 Å². The van der Waals surface area contributed by atoms with Crippen molar-refractivity contribution in [2.24, 2.45) is 5.73 Å². The molecule has 2 rings (SSSR count). The molecule has 0 radical (unpaired) electrons. The fourth-order valence-electron chi connectivity index (χ4n) is 1.85. The van der Waals surface area contributed by atoms with Gasteiger partial charge in [-0.25, -0.2) is 0 Å². The minimum absolute atomic E-state index is 0.325. The van der Waals surface area contributed by atoms with Crippen LogP contribution in [0.5, 0.6) is 0 Å². The number of thioether (sulfide) groups is 1. The number of carbonyl (C=O) groups is 1. The van der Waals surface area contributed by atoms with Gasteiger partial charge in [-0.3, -0.25) is 4.79 Å². The first-order valence-corrected chi connectivity index (χ1v) is 8.40. The molecule has 1 amide bonds. The largest absolute Gasteiger partial charge is 0.368 e. The SMILES string of the molecule is CC(NCc1ccc(SCc2ccccc2Cl)cc1)C(N)=O. The summed E-state index contributed by atoms with van der Waals surface area (Å²) < 4.78 is 0. The number of nitrogens with one attached hydrogen (secondary N) is 1. The molecule has 3 nitrogen and oxygen atoms in total. The maximum Gasteiger partial charge on any atom is 0.234 e. The van der Waals surface area contributed by atoms with Crippen LogP contribution in [0.2, 0.25) is 5.02 Å². The molecule has 0 saturated heterocycles. The zero-order chi connectivity index (χ0) is 15.9. The van der Waals surface area contributed by atoms with Crippen LogP contribution in [0, 0.1) is 0 Å². The highest BCUT2D eigenvalue weighted by Crippen LogP contribution is 2.26. The van der Waals surface area contributed by atoms with Gasteiger partial charge in [0.25, 0.3) is 0 Å². The maximum absolute atomic E-state index is 11.0. The normalized spacial score (nSPS) is 12.1. The molecular formula is C17H19ClN2OS. The molecule has 0 aliphatic rings. The summed E-state index contributed by atoms with van der Waals surface area (Å²) in [6, 6.07) is 15.8. The molecule has 2 aromatic rings. The third-order valence-corrected chi connectivity index (χ3v) is 4.74. The summed E-state index contributed by atoms with van der Waals surface area (Å²) in [5.41, 5.74) is 7.47. The Kier molecular flexibility index (Phi) is 6.31. The van der Waals surface area contributed by atoms with Crippen LogP contribution in [0.25, 0.3) is 0 Å². The summed E-state index contributed by atoms with van der Waals surface area (Å²) in [6.07, 6.45) is 0. The number of halogens is 1. The van der Waals surface area contributed by atoms with E-state index in [0.717, 1.165) is 21.9 Å². The molecule has 3 N–H and O–H groups in total. The van der Waals surface area contributed by atoms with Gasteiger partial charge in [-0.15, -0.1) is 11.8 Å². The van der Waals surface area contributed by atoms with E-state index in [0.29, 0.717) is 6.54 Å². The van der Waals surface area contributed by atoms with Gasteiger partial charge in [-0.05, 0) is 36.2 Å². The van der Waals surface area contributed by atoms with Crippen molar-refractivity contribution in [1.82, 2.24) is 5.32 Å². The fraction of sp³-hybridized carbons (Fsp3) is 0.235. The van der Waals surface area contributed by atoms with E-state index in [2.05, 4.69) is 29.6 Å². The minimum atomic E-state index is -0.341. The highest BCUT2D eigenvalue weighted by molar-refractivity contribution is 7.98. The molecule has 116 valence electrons. The van der Waals surface area contributed by atoms with Crippen LogP contribution in [0.3, 0.4) is 0 Å². The second-order valence-electron chi connectivity index (χ2n) is 5.03. The molecule has 1 atom stereocenters. The first-order chi connectivity index (χ1) is 10.6. The second-order valence-corrected chi connectivity index (χ2v) is 6.48. The van der Waals surface area contributed by atoms with Gasteiger partial charge in [-0.1, -0.05) is 41.9 Å². The van der Waals surface area contributed by atoms with Gasteiger partial charge < -0.3 is 11.1 Å². The lowest BCUT2D eigenvalue weighted by molar-refractivity contribution is -0.119. The number of nitrogens with two attached hydrogens (primary N) is 1. The van der Waals surface area contributed by atoms with Crippen molar-refractivity contribution in [3.05, 3.63) is 64.7 Å². The predicted molar refractivity (Wildman–Crippen MR) is 93.0 cm³/mol. The molecule has 2 aromatic carbocycles. The van der Waals surface area contributed by atoms with Gasteiger partial charge in [0, 0.05) is 22.2 Å². The number of amides is 1. The number of benzene rings is 2. The topological polar surface area (TPSA) is 55.1 Å². The molecule has 1 unspecified atom stereocenters. The molecule has 0 aliphatic heterocycles. The monoisotopic (exact) mass is 334 g/mol. The zero-order valence-electron chi connectivity index (χ0n) is 12.4. The Morgan fingerprint density at radius 2 is 1.91 bits per heavy atom. The predicted octanol–water partition coefficient (Wildman–Crippen LogP) is 3.60. The van der Waals surface area contributed by atoms with Crippen molar-refractivity contribution in [1.29, 1.82) is 0 Å². The van der Waals surface area contributed by atoms with E-state index in [4.69, 9.17) is 17.3 Å². The fourth-order valence-corrected chi connectivity index (χ4v) is 3.04. The van der Waals surface area contributed by atoms with Crippen molar-refractivity contribution in [2.45, 2.75) is 30.2 Å². The third-order valence-electron chi connectivity index (χ3n) is 3.31. The van der Waals surface area contributed by atoms with Crippen LogP contribution in [0.1, 0.15) is 18.1 Å². The van der Waals surface area contributed by atoms with Gasteiger partial charge in [-0.2, -0.15) is 0 Å². The summed E-state index contributed by atoms with van der Waals surface area (Å²) in [5.74, 6) is 0.502. The van der Waals surface area contributed by atoms with Gasteiger partial charge in [0.2, 0.25) is 5.91 Å². The van der Waals surface area contributed by atoms with E-state index >= 15 is 0 Å². The summed E-state index contributed by atoms with van der Waals surface area (Å²) >= 11 is 7.90. The Morgan fingerprint density at radius 1 is 1.23 bits per heavy atom. The number of primary amides is 1. The van der Waals surface area contributed by atoms with Crippen LogP contribution in [-0.2, 0) is 17.1 Å². The Bertz CT molecular complexity index is 631.